The number of anilines is 1. The molecule has 0 saturated heterocycles. The van der Waals surface area contributed by atoms with Gasteiger partial charge in [0.2, 0.25) is 11.8 Å². The van der Waals surface area contributed by atoms with Crippen molar-refractivity contribution in [2.24, 2.45) is 0 Å². The van der Waals surface area contributed by atoms with E-state index in [1.807, 2.05) is 38.1 Å². The van der Waals surface area contributed by atoms with E-state index < -0.39 is 0 Å². The van der Waals surface area contributed by atoms with Crippen molar-refractivity contribution in [2.45, 2.75) is 25.8 Å². The van der Waals surface area contributed by atoms with Crippen molar-refractivity contribution < 1.29 is 9.59 Å². The molecule has 2 amide bonds. The van der Waals surface area contributed by atoms with Crippen molar-refractivity contribution in [3.8, 4) is 0 Å². The largest absolute Gasteiger partial charge is 0.384 e. The predicted molar refractivity (Wildman–Crippen MR) is 74.0 cm³/mol. The van der Waals surface area contributed by atoms with E-state index in [9.17, 15) is 9.59 Å². The molecule has 5 nitrogen and oxygen atoms in total. The first-order chi connectivity index (χ1) is 9.08. The Bertz CT molecular complexity index is 485. The van der Waals surface area contributed by atoms with Crippen LogP contribution in [0.5, 0.6) is 0 Å². The fourth-order valence-electron chi connectivity index (χ4n) is 2.18. The molecule has 0 radical (unpaired) electrons. The Morgan fingerprint density at radius 1 is 1.37 bits per heavy atom. The third kappa shape index (κ3) is 3.24. The molecule has 0 bridgehead atoms. The van der Waals surface area contributed by atoms with Crippen molar-refractivity contribution >= 4 is 17.5 Å². The van der Waals surface area contributed by atoms with E-state index in [4.69, 9.17) is 0 Å². The number of rotatable bonds is 4. The molecule has 0 aromatic heterocycles. The van der Waals surface area contributed by atoms with Crippen LogP contribution in [0.25, 0.3) is 0 Å². The molecule has 1 heterocycles. The van der Waals surface area contributed by atoms with Gasteiger partial charge >= 0.3 is 0 Å². The van der Waals surface area contributed by atoms with Crippen LogP contribution in [0.2, 0.25) is 0 Å². The van der Waals surface area contributed by atoms with Crippen LogP contribution in [-0.2, 0) is 9.59 Å². The number of amides is 2. The van der Waals surface area contributed by atoms with Crippen LogP contribution < -0.4 is 16.0 Å². The standard InChI is InChI=1S/C14H19N3O2/c1-9(2)17-13(18)8-16-14(19)11-7-15-12-6-4-3-5-10(11)12/h3-6,9,11,15H,7-8H2,1-2H3,(H,16,19)(H,17,18). The lowest BCUT2D eigenvalue weighted by Gasteiger charge is -2.12. The second-order valence-electron chi connectivity index (χ2n) is 4.96. The van der Waals surface area contributed by atoms with Crippen LogP contribution in [0, 0.1) is 0 Å². The molecule has 2 rings (SSSR count). The molecular formula is C14H19N3O2. The first-order valence-corrected chi connectivity index (χ1v) is 6.48. The molecule has 19 heavy (non-hydrogen) atoms. The number of hydrogen-bond acceptors (Lipinski definition) is 3. The number of nitrogens with one attached hydrogen (secondary N) is 3. The highest BCUT2D eigenvalue weighted by atomic mass is 16.2. The molecule has 1 aliphatic heterocycles. The summed E-state index contributed by atoms with van der Waals surface area (Å²) < 4.78 is 0. The van der Waals surface area contributed by atoms with Gasteiger partial charge in [0.15, 0.2) is 0 Å². The monoisotopic (exact) mass is 261 g/mol. The van der Waals surface area contributed by atoms with Crippen LogP contribution in [0.3, 0.4) is 0 Å². The number of para-hydroxylation sites is 1. The second-order valence-corrected chi connectivity index (χ2v) is 4.96. The van der Waals surface area contributed by atoms with Crippen molar-refractivity contribution in [3.63, 3.8) is 0 Å². The van der Waals surface area contributed by atoms with Crippen LogP contribution in [0.15, 0.2) is 24.3 Å². The van der Waals surface area contributed by atoms with Crippen molar-refractivity contribution in [1.82, 2.24) is 10.6 Å². The smallest absolute Gasteiger partial charge is 0.239 e. The Balaban J connectivity index is 1.90. The molecule has 0 spiro atoms. The molecule has 5 heteroatoms. The minimum atomic E-state index is -0.219. The molecule has 1 unspecified atom stereocenters. The van der Waals surface area contributed by atoms with E-state index >= 15 is 0 Å². The molecule has 102 valence electrons. The molecular weight excluding hydrogens is 242 g/mol. The summed E-state index contributed by atoms with van der Waals surface area (Å²) in [6.45, 7) is 4.38. The quantitative estimate of drug-likeness (QED) is 0.752. The zero-order valence-electron chi connectivity index (χ0n) is 11.2. The second kappa shape index (κ2) is 5.73. The summed E-state index contributed by atoms with van der Waals surface area (Å²) in [6, 6.07) is 7.82. The topological polar surface area (TPSA) is 70.2 Å². The summed E-state index contributed by atoms with van der Waals surface area (Å²) >= 11 is 0. The number of fused-ring (bicyclic) bond motifs is 1. The molecule has 1 aromatic carbocycles. The average molecular weight is 261 g/mol. The lowest BCUT2D eigenvalue weighted by Crippen LogP contribution is -2.41. The number of carbonyl (C=O) groups excluding carboxylic acids is 2. The highest BCUT2D eigenvalue weighted by molar-refractivity contribution is 5.91. The van der Waals surface area contributed by atoms with Gasteiger partial charge in [0.25, 0.3) is 0 Å². The zero-order chi connectivity index (χ0) is 13.8. The van der Waals surface area contributed by atoms with Crippen LogP contribution in [0.4, 0.5) is 5.69 Å². The minimum Gasteiger partial charge on any atom is -0.384 e. The van der Waals surface area contributed by atoms with Crippen molar-refractivity contribution in [1.29, 1.82) is 0 Å². The van der Waals surface area contributed by atoms with Crippen LogP contribution >= 0.6 is 0 Å². The van der Waals surface area contributed by atoms with E-state index in [-0.39, 0.29) is 30.3 Å². The van der Waals surface area contributed by atoms with Gasteiger partial charge in [0, 0.05) is 18.3 Å². The maximum absolute atomic E-state index is 12.1. The lowest BCUT2D eigenvalue weighted by atomic mass is 10.0. The Hall–Kier alpha value is -2.04. The molecule has 3 N–H and O–H groups in total. The van der Waals surface area contributed by atoms with Gasteiger partial charge in [-0.15, -0.1) is 0 Å². The Morgan fingerprint density at radius 2 is 2.11 bits per heavy atom. The van der Waals surface area contributed by atoms with Gasteiger partial charge in [-0.3, -0.25) is 9.59 Å². The lowest BCUT2D eigenvalue weighted by molar-refractivity contribution is -0.126. The van der Waals surface area contributed by atoms with Gasteiger partial charge in [-0.1, -0.05) is 18.2 Å². The van der Waals surface area contributed by atoms with Gasteiger partial charge in [-0.05, 0) is 25.5 Å². The van der Waals surface area contributed by atoms with Gasteiger partial charge in [-0.25, -0.2) is 0 Å². The Morgan fingerprint density at radius 3 is 2.84 bits per heavy atom. The maximum Gasteiger partial charge on any atom is 0.239 e. The van der Waals surface area contributed by atoms with E-state index in [1.54, 1.807) is 0 Å². The predicted octanol–water partition coefficient (Wildman–Crippen LogP) is 0.836. The molecule has 0 saturated carbocycles. The summed E-state index contributed by atoms with van der Waals surface area (Å²) in [7, 11) is 0. The Kier molecular flexibility index (Phi) is 4.04. The number of carbonyl (C=O) groups is 2. The summed E-state index contributed by atoms with van der Waals surface area (Å²) in [6.07, 6.45) is 0. The third-order valence-corrected chi connectivity index (χ3v) is 3.02. The van der Waals surface area contributed by atoms with E-state index in [2.05, 4.69) is 16.0 Å². The minimum absolute atomic E-state index is 0.0235. The van der Waals surface area contributed by atoms with Crippen LogP contribution in [-0.4, -0.2) is 30.9 Å². The molecule has 1 aromatic rings. The van der Waals surface area contributed by atoms with Gasteiger partial charge in [0.05, 0.1) is 12.5 Å². The summed E-state index contributed by atoms with van der Waals surface area (Å²) in [5, 5.41) is 8.61. The summed E-state index contributed by atoms with van der Waals surface area (Å²) in [5.74, 6) is -0.498. The highest BCUT2D eigenvalue weighted by Crippen LogP contribution is 2.30. The molecule has 0 aliphatic carbocycles. The first-order valence-electron chi connectivity index (χ1n) is 6.48. The fourth-order valence-corrected chi connectivity index (χ4v) is 2.18. The van der Waals surface area contributed by atoms with Gasteiger partial charge in [0.1, 0.15) is 0 Å². The van der Waals surface area contributed by atoms with E-state index in [0.29, 0.717) is 6.54 Å². The van der Waals surface area contributed by atoms with Gasteiger partial charge in [-0.2, -0.15) is 0 Å². The zero-order valence-corrected chi connectivity index (χ0v) is 11.2. The van der Waals surface area contributed by atoms with Crippen molar-refractivity contribution in [2.75, 3.05) is 18.4 Å². The first kappa shape index (κ1) is 13.4. The van der Waals surface area contributed by atoms with E-state index in [1.165, 1.54) is 0 Å². The number of hydrogen-bond donors (Lipinski definition) is 3. The summed E-state index contributed by atoms with van der Waals surface area (Å²) in [5.41, 5.74) is 1.98. The highest BCUT2D eigenvalue weighted by Gasteiger charge is 2.28. The number of benzene rings is 1. The summed E-state index contributed by atoms with van der Waals surface area (Å²) in [4.78, 5) is 23.5. The van der Waals surface area contributed by atoms with Gasteiger partial charge < -0.3 is 16.0 Å². The Labute approximate surface area is 112 Å². The third-order valence-electron chi connectivity index (χ3n) is 3.02. The fraction of sp³-hybridized carbons (Fsp3) is 0.429. The SMILES string of the molecule is CC(C)NC(=O)CNC(=O)C1CNc2ccccc21. The molecule has 0 fully saturated rings. The average Bonchev–Trinajstić information content (AvgIpc) is 2.79. The molecule has 1 aliphatic rings. The van der Waals surface area contributed by atoms with Crippen LogP contribution in [0.1, 0.15) is 25.3 Å². The van der Waals surface area contributed by atoms with E-state index in [0.717, 1.165) is 11.3 Å². The maximum atomic E-state index is 12.1. The van der Waals surface area contributed by atoms with Crippen molar-refractivity contribution in [3.05, 3.63) is 29.8 Å². The normalized spacial score (nSPS) is 16.7. The molecule has 1 atom stereocenters.